The molecule has 0 saturated heterocycles. The van der Waals surface area contributed by atoms with Crippen molar-refractivity contribution in [2.45, 2.75) is 24.8 Å². The fourth-order valence-electron chi connectivity index (χ4n) is 2.75. The highest BCUT2D eigenvalue weighted by atomic mass is 32.2. The lowest BCUT2D eigenvalue weighted by Gasteiger charge is -2.20. The van der Waals surface area contributed by atoms with Crippen LogP contribution >= 0.6 is 0 Å². The number of ether oxygens (including phenoxy) is 1. The van der Waals surface area contributed by atoms with Gasteiger partial charge >= 0.3 is 0 Å². The molecule has 0 N–H and O–H groups in total. The van der Waals surface area contributed by atoms with Gasteiger partial charge in [0.05, 0.1) is 24.2 Å². The standard InChI is InChI=1S/C20H22N2O4S/c1-3-12-22(27(23,24)19-10-5-4-6-11-19)15-17-14-20(26-21-17)16-8-7-9-18(13-16)25-2/h4-11,13-14H,3,12,15H2,1-2H3. The molecule has 142 valence electrons. The van der Waals surface area contributed by atoms with Crippen LogP contribution in [0, 0.1) is 0 Å². The Hall–Kier alpha value is -2.64. The Balaban J connectivity index is 1.85. The summed E-state index contributed by atoms with van der Waals surface area (Å²) in [7, 11) is -2.00. The van der Waals surface area contributed by atoms with Crippen LogP contribution in [0.2, 0.25) is 0 Å². The van der Waals surface area contributed by atoms with Crippen LogP contribution in [-0.2, 0) is 16.6 Å². The zero-order valence-corrected chi connectivity index (χ0v) is 16.1. The number of nitrogens with zero attached hydrogens (tertiary/aromatic N) is 2. The van der Waals surface area contributed by atoms with Crippen LogP contribution in [0.15, 0.2) is 70.1 Å². The van der Waals surface area contributed by atoms with Gasteiger partial charge < -0.3 is 9.26 Å². The van der Waals surface area contributed by atoms with Gasteiger partial charge in [-0.15, -0.1) is 0 Å². The first kappa shape index (κ1) is 19.1. The van der Waals surface area contributed by atoms with E-state index in [-0.39, 0.29) is 11.4 Å². The van der Waals surface area contributed by atoms with Gasteiger partial charge in [0.1, 0.15) is 5.75 Å². The highest BCUT2D eigenvalue weighted by Crippen LogP contribution is 2.26. The number of sulfonamides is 1. The van der Waals surface area contributed by atoms with Gasteiger partial charge in [-0.3, -0.25) is 0 Å². The first-order valence-corrected chi connectivity index (χ1v) is 10.1. The van der Waals surface area contributed by atoms with Gasteiger partial charge in [-0.05, 0) is 30.7 Å². The highest BCUT2D eigenvalue weighted by Gasteiger charge is 2.25. The summed E-state index contributed by atoms with van der Waals surface area (Å²) in [5, 5.41) is 4.06. The van der Waals surface area contributed by atoms with Crippen molar-refractivity contribution in [2.24, 2.45) is 0 Å². The molecule has 0 aliphatic carbocycles. The maximum Gasteiger partial charge on any atom is 0.243 e. The summed E-state index contributed by atoms with van der Waals surface area (Å²) in [5.41, 5.74) is 1.38. The van der Waals surface area contributed by atoms with E-state index in [0.29, 0.717) is 30.2 Å². The Labute approximate surface area is 159 Å². The summed E-state index contributed by atoms with van der Waals surface area (Å²) in [5.74, 6) is 1.28. The zero-order valence-electron chi connectivity index (χ0n) is 15.3. The first-order valence-electron chi connectivity index (χ1n) is 8.70. The second-order valence-electron chi connectivity index (χ2n) is 6.07. The number of methoxy groups -OCH3 is 1. The Morgan fingerprint density at radius 3 is 2.56 bits per heavy atom. The van der Waals surface area contributed by atoms with E-state index in [0.717, 1.165) is 5.56 Å². The molecular formula is C20H22N2O4S. The van der Waals surface area contributed by atoms with Crippen LogP contribution in [0.3, 0.4) is 0 Å². The minimum atomic E-state index is -3.60. The summed E-state index contributed by atoms with van der Waals surface area (Å²) in [4.78, 5) is 0.273. The van der Waals surface area contributed by atoms with E-state index >= 15 is 0 Å². The summed E-state index contributed by atoms with van der Waals surface area (Å²) >= 11 is 0. The van der Waals surface area contributed by atoms with Gasteiger partial charge in [-0.2, -0.15) is 4.31 Å². The summed E-state index contributed by atoms with van der Waals surface area (Å²) < 4.78 is 37.9. The van der Waals surface area contributed by atoms with E-state index in [4.69, 9.17) is 9.26 Å². The van der Waals surface area contributed by atoms with Gasteiger partial charge in [0.25, 0.3) is 0 Å². The van der Waals surface area contributed by atoms with Crippen LogP contribution in [0.25, 0.3) is 11.3 Å². The smallest absolute Gasteiger partial charge is 0.243 e. The molecule has 0 fully saturated rings. The van der Waals surface area contributed by atoms with Gasteiger partial charge in [0.2, 0.25) is 10.0 Å². The predicted octanol–water partition coefficient (Wildman–Crippen LogP) is 3.95. The fourth-order valence-corrected chi connectivity index (χ4v) is 4.28. The molecule has 2 aromatic carbocycles. The molecule has 0 atom stereocenters. The lowest BCUT2D eigenvalue weighted by molar-refractivity contribution is 0.375. The molecule has 0 spiro atoms. The van der Waals surface area contributed by atoms with Crippen molar-refractivity contribution in [3.05, 3.63) is 66.4 Å². The molecule has 7 heteroatoms. The first-order chi connectivity index (χ1) is 13.0. The molecule has 0 aliphatic rings. The lowest BCUT2D eigenvalue weighted by Crippen LogP contribution is -2.31. The molecule has 1 heterocycles. The second-order valence-corrected chi connectivity index (χ2v) is 8.00. The summed E-state index contributed by atoms with van der Waals surface area (Å²) in [6.07, 6.45) is 0.701. The quantitative estimate of drug-likeness (QED) is 0.586. The van der Waals surface area contributed by atoms with Crippen molar-refractivity contribution in [3.8, 4) is 17.1 Å². The van der Waals surface area contributed by atoms with Crippen LogP contribution < -0.4 is 4.74 Å². The maximum absolute atomic E-state index is 12.9. The second kappa shape index (κ2) is 8.37. The molecule has 0 amide bonds. The molecule has 6 nitrogen and oxygen atoms in total. The number of aromatic nitrogens is 1. The Bertz CT molecular complexity index is 984. The molecule has 27 heavy (non-hydrogen) atoms. The highest BCUT2D eigenvalue weighted by molar-refractivity contribution is 7.89. The molecule has 0 unspecified atom stereocenters. The number of benzene rings is 2. The van der Waals surface area contributed by atoms with Gasteiger partial charge in [-0.1, -0.05) is 42.4 Å². The van der Waals surface area contributed by atoms with E-state index in [9.17, 15) is 8.42 Å². The fraction of sp³-hybridized carbons (Fsp3) is 0.250. The Morgan fingerprint density at radius 1 is 1.07 bits per heavy atom. The molecule has 0 bridgehead atoms. The zero-order chi connectivity index (χ0) is 19.3. The van der Waals surface area contributed by atoms with E-state index in [1.165, 1.54) is 4.31 Å². The Kier molecular flexibility index (Phi) is 5.93. The molecule has 0 aliphatic heterocycles. The molecule has 1 aromatic heterocycles. The SMILES string of the molecule is CCCN(Cc1cc(-c2cccc(OC)c2)on1)S(=O)(=O)c1ccccc1. The van der Waals surface area contributed by atoms with E-state index < -0.39 is 10.0 Å². The van der Waals surface area contributed by atoms with Gasteiger partial charge in [0, 0.05) is 18.2 Å². The minimum Gasteiger partial charge on any atom is -0.497 e. The molecule has 3 aromatic rings. The molecule has 3 rings (SSSR count). The van der Waals surface area contributed by atoms with Crippen LogP contribution in [0.1, 0.15) is 19.0 Å². The number of hydrogen-bond donors (Lipinski definition) is 0. The van der Waals surface area contributed by atoms with Crippen molar-refractivity contribution >= 4 is 10.0 Å². The van der Waals surface area contributed by atoms with Crippen molar-refractivity contribution in [1.82, 2.24) is 9.46 Å². The van der Waals surface area contributed by atoms with Gasteiger partial charge in [-0.25, -0.2) is 8.42 Å². The third-order valence-corrected chi connectivity index (χ3v) is 5.96. The largest absolute Gasteiger partial charge is 0.497 e. The normalized spacial score (nSPS) is 11.7. The number of rotatable bonds is 8. The van der Waals surface area contributed by atoms with Crippen LogP contribution in [-0.4, -0.2) is 31.5 Å². The topological polar surface area (TPSA) is 72.6 Å². The van der Waals surface area contributed by atoms with E-state index in [2.05, 4.69) is 5.16 Å². The molecule has 0 radical (unpaired) electrons. The van der Waals surface area contributed by atoms with Crippen molar-refractivity contribution < 1.29 is 17.7 Å². The monoisotopic (exact) mass is 386 g/mol. The molecule has 0 saturated carbocycles. The van der Waals surface area contributed by atoms with Crippen LogP contribution in [0.5, 0.6) is 5.75 Å². The predicted molar refractivity (Wildman–Crippen MR) is 103 cm³/mol. The average molecular weight is 386 g/mol. The lowest BCUT2D eigenvalue weighted by atomic mass is 10.1. The minimum absolute atomic E-state index is 0.151. The average Bonchev–Trinajstić information content (AvgIpc) is 3.17. The van der Waals surface area contributed by atoms with Crippen molar-refractivity contribution in [2.75, 3.05) is 13.7 Å². The van der Waals surface area contributed by atoms with E-state index in [1.54, 1.807) is 43.5 Å². The van der Waals surface area contributed by atoms with Gasteiger partial charge in [0.15, 0.2) is 5.76 Å². The summed E-state index contributed by atoms with van der Waals surface area (Å²) in [6, 6.07) is 17.6. The third kappa shape index (κ3) is 4.37. The van der Waals surface area contributed by atoms with Crippen molar-refractivity contribution in [1.29, 1.82) is 0 Å². The maximum atomic E-state index is 12.9. The third-order valence-electron chi connectivity index (χ3n) is 4.11. The van der Waals surface area contributed by atoms with Crippen molar-refractivity contribution in [3.63, 3.8) is 0 Å². The molecular weight excluding hydrogens is 364 g/mol. The van der Waals surface area contributed by atoms with Crippen LogP contribution in [0.4, 0.5) is 0 Å². The Morgan fingerprint density at radius 2 is 1.85 bits per heavy atom. The number of hydrogen-bond acceptors (Lipinski definition) is 5. The van der Waals surface area contributed by atoms with E-state index in [1.807, 2.05) is 31.2 Å². The summed E-state index contributed by atoms with van der Waals surface area (Å²) in [6.45, 7) is 2.50.